The van der Waals surface area contributed by atoms with E-state index in [0.717, 1.165) is 40.4 Å². The Balaban J connectivity index is 1.13. The Hall–Kier alpha value is -4.00. The minimum absolute atomic E-state index is 0.0128. The first kappa shape index (κ1) is 19.7. The summed E-state index contributed by atoms with van der Waals surface area (Å²) in [7, 11) is 2.07. The van der Waals surface area contributed by atoms with Gasteiger partial charge in [0.15, 0.2) is 0 Å². The predicted octanol–water partition coefficient (Wildman–Crippen LogP) is 5.31. The molecule has 4 aromatic heterocycles. The van der Waals surface area contributed by atoms with Crippen molar-refractivity contribution in [3.63, 3.8) is 0 Å². The van der Waals surface area contributed by atoms with Gasteiger partial charge in [-0.2, -0.15) is 4.39 Å². The number of fused-ring (bicyclic) bond motifs is 3. The first-order valence-corrected chi connectivity index (χ1v) is 10.9. The van der Waals surface area contributed by atoms with Crippen LogP contribution in [0.25, 0.3) is 32.9 Å². The number of aryl methyl sites for hydroxylation is 1. The molecule has 0 unspecified atom stereocenters. The third kappa shape index (κ3) is 3.65. The van der Waals surface area contributed by atoms with Gasteiger partial charge in [-0.05, 0) is 29.8 Å². The monoisotopic (exact) mass is 440 g/mol. The highest BCUT2D eigenvalue weighted by atomic mass is 19.1. The Labute approximate surface area is 189 Å². The number of ether oxygens (including phenoxy) is 2. The minimum Gasteiger partial charge on any atom is -0.490 e. The van der Waals surface area contributed by atoms with E-state index in [2.05, 4.69) is 44.8 Å². The van der Waals surface area contributed by atoms with Gasteiger partial charge in [0, 0.05) is 78.7 Å². The average molecular weight is 440 g/mol. The summed E-state index contributed by atoms with van der Waals surface area (Å²) in [5, 5.41) is 2.34. The van der Waals surface area contributed by atoms with Gasteiger partial charge in [-0.3, -0.25) is 4.98 Å². The molecule has 0 bridgehead atoms. The first-order chi connectivity index (χ1) is 16.1. The van der Waals surface area contributed by atoms with E-state index >= 15 is 0 Å². The van der Waals surface area contributed by atoms with Crippen molar-refractivity contribution in [1.82, 2.24) is 19.5 Å². The minimum atomic E-state index is -0.541. The zero-order valence-corrected chi connectivity index (χ0v) is 18.0. The summed E-state index contributed by atoms with van der Waals surface area (Å²) in [5.41, 5.74) is 4.45. The largest absolute Gasteiger partial charge is 0.490 e. The van der Waals surface area contributed by atoms with Crippen molar-refractivity contribution in [2.75, 3.05) is 0 Å². The lowest BCUT2D eigenvalue weighted by molar-refractivity contribution is 0.00208. The molecule has 33 heavy (non-hydrogen) atoms. The molecule has 0 radical (unpaired) electrons. The molecule has 1 fully saturated rings. The van der Waals surface area contributed by atoms with Gasteiger partial charge in [0.1, 0.15) is 18.0 Å². The van der Waals surface area contributed by atoms with Crippen molar-refractivity contribution in [1.29, 1.82) is 0 Å². The molecule has 0 saturated heterocycles. The maximum absolute atomic E-state index is 13.2. The van der Waals surface area contributed by atoms with E-state index in [4.69, 9.17) is 9.47 Å². The molecule has 0 atom stereocenters. The molecule has 1 saturated carbocycles. The normalized spacial score (nSPS) is 17.8. The van der Waals surface area contributed by atoms with E-state index < -0.39 is 5.95 Å². The van der Waals surface area contributed by atoms with Crippen LogP contribution in [0, 0.1) is 5.95 Å². The van der Waals surface area contributed by atoms with Crippen LogP contribution in [0.5, 0.6) is 11.6 Å². The summed E-state index contributed by atoms with van der Waals surface area (Å²) < 4.78 is 27.1. The van der Waals surface area contributed by atoms with Crippen LogP contribution in [-0.2, 0) is 7.05 Å². The van der Waals surface area contributed by atoms with Crippen LogP contribution in [0.15, 0.2) is 73.3 Å². The van der Waals surface area contributed by atoms with Crippen molar-refractivity contribution < 1.29 is 13.9 Å². The maximum atomic E-state index is 13.2. The fourth-order valence-corrected chi connectivity index (χ4v) is 4.39. The van der Waals surface area contributed by atoms with Crippen molar-refractivity contribution in [3.8, 4) is 22.8 Å². The Morgan fingerprint density at radius 3 is 2.48 bits per heavy atom. The van der Waals surface area contributed by atoms with Gasteiger partial charge in [0.2, 0.25) is 11.8 Å². The molecular weight excluding hydrogens is 419 g/mol. The van der Waals surface area contributed by atoms with Crippen LogP contribution >= 0.6 is 0 Å². The number of aromatic nitrogens is 4. The van der Waals surface area contributed by atoms with E-state index in [1.807, 2.05) is 36.8 Å². The molecule has 5 aromatic rings. The van der Waals surface area contributed by atoms with Gasteiger partial charge in [0.25, 0.3) is 0 Å². The smallest absolute Gasteiger partial charge is 0.216 e. The third-order valence-corrected chi connectivity index (χ3v) is 6.22. The topological polar surface area (TPSA) is 62.1 Å². The van der Waals surface area contributed by atoms with Gasteiger partial charge < -0.3 is 14.0 Å². The lowest BCUT2D eigenvalue weighted by atomic mass is 9.92. The van der Waals surface area contributed by atoms with Crippen LogP contribution in [-0.4, -0.2) is 31.7 Å². The highest BCUT2D eigenvalue weighted by Gasteiger charge is 2.33. The van der Waals surface area contributed by atoms with E-state index in [1.54, 1.807) is 6.07 Å². The number of hydrogen-bond donors (Lipinski definition) is 0. The highest BCUT2D eigenvalue weighted by Crippen LogP contribution is 2.32. The van der Waals surface area contributed by atoms with Crippen molar-refractivity contribution in [2.24, 2.45) is 7.05 Å². The zero-order valence-electron chi connectivity index (χ0n) is 18.0. The second-order valence-corrected chi connectivity index (χ2v) is 8.33. The lowest BCUT2D eigenvalue weighted by Crippen LogP contribution is -2.41. The molecule has 6 nitrogen and oxygen atoms in total. The molecular formula is C26H21FN4O2. The molecule has 7 heteroatoms. The SMILES string of the molecule is Cn1c2ccncc2c2ccc(-c3ccc(OC4CC(Oc5ccnc(F)c5)C4)nc3)cc21. The predicted molar refractivity (Wildman–Crippen MR) is 124 cm³/mol. The summed E-state index contributed by atoms with van der Waals surface area (Å²) in [6.45, 7) is 0. The van der Waals surface area contributed by atoms with Crippen LogP contribution < -0.4 is 9.47 Å². The molecule has 1 aromatic carbocycles. The van der Waals surface area contributed by atoms with Gasteiger partial charge >= 0.3 is 0 Å². The summed E-state index contributed by atoms with van der Waals surface area (Å²) in [4.78, 5) is 12.3. The van der Waals surface area contributed by atoms with Crippen molar-refractivity contribution >= 4 is 21.8 Å². The number of nitrogens with zero attached hydrogens (tertiary/aromatic N) is 4. The van der Waals surface area contributed by atoms with Crippen LogP contribution in [0.4, 0.5) is 4.39 Å². The summed E-state index contributed by atoms with van der Waals surface area (Å²) in [5.74, 6) is 0.544. The maximum Gasteiger partial charge on any atom is 0.216 e. The zero-order chi connectivity index (χ0) is 22.4. The molecule has 0 spiro atoms. The molecule has 1 aliphatic rings. The molecule has 0 N–H and O–H groups in total. The van der Waals surface area contributed by atoms with Crippen LogP contribution in [0.3, 0.4) is 0 Å². The van der Waals surface area contributed by atoms with Gasteiger partial charge in [0.05, 0.1) is 5.52 Å². The summed E-state index contributed by atoms with van der Waals surface area (Å²) in [6, 6.07) is 15.4. The van der Waals surface area contributed by atoms with Crippen LogP contribution in [0.1, 0.15) is 12.8 Å². The van der Waals surface area contributed by atoms with Gasteiger partial charge in [-0.15, -0.1) is 0 Å². The molecule has 0 amide bonds. The molecule has 6 rings (SSSR count). The second-order valence-electron chi connectivity index (χ2n) is 8.33. The van der Waals surface area contributed by atoms with E-state index in [1.165, 1.54) is 17.6 Å². The standard InChI is InChI=1S/C26H21FN4O2/c1-31-23-7-8-28-15-22(23)21-4-2-16(10-24(21)31)17-3-5-26(30-14-17)33-20-11-19(12-20)32-18-6-9-29-25(27)13-18/h2-10,13-15,19-20H,11-12H2,1H3. The van der Waals surface area contributed by atoms with Gasteiger partial charge in [-0.25, -0.2) is 9.97 Å². The fourth-order valence-electron chi connectivity index (χ4n) is 4.39. The Kier molecular flexibility index (Phi) is 4.68. The fraction of sp³-hybridized carbons (Fsp3) is 0.192. The molecule has 1 aliphatic carbocycles. The summed E-state index contributed by atoms with van der Waals surface area (Å²) in [6.07, 6.45) is 8.50. The van der Waals surface area contributed by atoms with Crippen molar-refractivity contribution in [2.45, 2.75) is 25.0 Å². The van der Waals surface area contributed by atoms with Crippen LogP contribution in [0.2, 0.25) is 0 Å². The Morgan fingerprint density at radius 2 is 1.67 bits per heavy atom. The Morgan fingerprint density at radius 1 is 0.818 bits per heavy atom. The lowest BCUT2D eigenvalue weighted by Gasteiger charge is -2.34. The number of benzene rings is 1. The average Bonchev–Trinajstić information content (AvgIpc) is 3.10. The van der Waals surface area contributed by atoms with E-state index in [0.29, 0.717) is 11.6 Å². The number of halogens is 1. The Bertz CT molecular complexity index is 1460. The molecule has 4 heterocycles. The van der Waals surface area contributed by atoms with Crippen molar-refractivity contribution in [3.05, 3.63) is 79.3 Å². The first-order valence-electron chi connectivity index (χ1n) is 10.9. The second kappa shape index (κ2) is 7.85. The molecule has 164 valence electrons. The third-order valence-electron chi connectivity index (χ3n) is 6.22. The number of pyridine rings is 3. The number of hydrogen-bond acceptors (Lipinski definition) is 5. The summed E-state index contributed by atoms with van der Waals surface area (Å²) >= 11 is 0. The highest BCUT2D eigenvalue weighted by molar-refractivity contribution is 6.08. The van der Waals surface area contributed by atoms with Gasteiger partial charge in [-0.1, -0.05) is 12.1 Å². The quantitative estimate of drug-likeness (QED) is 0.347. The molecule has 0 aliphatic heterocycles. The number of rotatable bonds is 5. The van der Waals surface area contributed by atoms with E-state index in [9.17, 15) is 4.39 Å². The van der Waals surface area contributed by atoms with E-state index in [-0.39, 0.29) is 12.2 Å².